The summed E-state index contributed by atoms with van der Waals surface area (Å²) in [6.07, 6.45) is 0.379. The Morgan fingerprint density at radius 3 is 2.62 bits per heavy atom. The number of nitrogens with one attached hydrogen (secondary N) is 1. The highest BCUT2D eigenvalue weighted by molar-refractivity contribution is 7.89. The minimum absolute atomic E-state index is 0.0221. The third-order valence-electron chi connectivity index (χ3n) is 2.86. The predicted molar refractivity (Wildman–Crippen MR) is 81.2 cm³/mol. The highest BCUT2D eigenvalue weighted by Gasteiger charge is 2.16. The van der Waals surface area contributed by atoms with Crippen LogP contribution in [-0.2, 0) is 16.4 Å². The second-order valence-electron chi connectivity index (χ2n) is 4.46. The minimum Gasteiger partial charge on any atom is -0.398 e. The van der Waals surface area contributed by atoms with Gasteiger partial charge in [-0.15, -0.1) is 0 Å². The second-order valence-corrected chi connectivity index (χ2v) is 6.63. The van der Waals surface area contributed by atoms with E-state index in [-0.39, 0.29) is 22.9 Å². The van der Waals surface area contributed by atoms with Gasteiger partial charge < -0.3 is 5.73 Å². The molecule has 21 heavy (non-hydrogen) atoms. The summed E-state index contributed by atoms with van der Waals surface area (Å²) in [6.45, 7) is 0.147. The summed E-state index contributed by atoms with van der Waals surface area (Å²) in [4.78, 5) is -0.0221. The monoisotopic (exact) mass is 328 g/mol. The summed E-state index contributed by atoms with van der Waals surface area (Å²) in [5, 5.41) is 0.367. The second kappa shape index (κ2) is 6.43. The van der Waals surface area contributed by atoms with Crippen molar-refractivity contribution >= 4 is 27.3 Å². The van der Waals surface area contributed by atoms with Gasteiger partial charge in [-0.05, 0) is 42.3 Å². The van der Waals surface area contributed by atoms with Crippen LogP contribution in [0.15, 0.2) is 47.4 Å². The van der Waals surface area contributed by atoms with E-state index in [2.05, 4.69) is 4.72 Å². The van der Waals surface area contributed by atoms with E-state index in [0.717, 1.165) is 0 Å². The average molecular weight is 329 g/mol. The fourth-order valence-corrected chi connectivity index (χ4v) is 3.19. The SMILES string of the molecule is Nc1cc(Cl)ccc1S(=O)(=O)NCCc1cccc(F)c1. The van der Waals surface area contributed by atoms with Gasteiger partial charge in [-0.2, -0.15) is 0 Å². The van der Waals surface area contributed by atoms with Gasteiger partial charge in [0.15, 0.2) is 0 Å². The van der Waals surface area contributed by atoms with Gasteiger partial charge in [-0.1, -0.05) is 23.7 Å². The van der Waals surface area contributed by atoms with Crippen molar-refractivity contribution in [1.82, 2.24) is 4.72 Å². The van der Waals surface area contributed by atoms with E-state index >= 15 is 0 Å². The first-order chi connectivity index (χ1) is 9.88. The highest BCUT2D eigenvalue weighted by atomic mass is 35.5. The van der Waals surface area contributed by atoms with Gasteiger partial charge in [0.25, 0.3) is 0 Å². The summed E-state index contributed by atoms with van der Waals surface area (Å²) in [5.74, 6) is -0.350. The van der Waals surface area contributed by atoms with Crippen molar-refractivity contribution in [3.63, 3.8) is 0 Å². The van der Waals surface area contributed by atoms with E-state index in [9.17, 15) is 12.8 Å². The molecule has 0 aliphatic heterocycles. The smallest absolute Gasteiger partial charge is 0.242 e. The summed E-state index contributed by atoms with van der Waals surface area (Å²) in [6, 6.07) is 10.2. The molecule has 2 aromatic rings. The quantitative estimate of drug-likeness (QED) is 0.829. The number of sulfonamides is 1. The van der Waals surface area contributed by atoms with E-state index in [1.54, 1.807) is 12.1 Å². The number of anilines is 1. The first-order valence-electron chi connectivity index (χ1n) is 6.17. The fraction of sp³-hybridized carbons (Fsp3) is 0.143. The van der Waals surface area contributed by atoms with Crippen LogP contribution in [0, 0.1) is 5.82 Å². The number of nitrogen functional groups attached to an aromatic ring is 1. The molecule has 0 fully saturated rings. The molecule has 0 bridgehead atoms. The lowest BCUT2D eigenvalue weighted by atomic mass is 10.1. The lowest BCUT2D eigenvalue weighted by molar-refractivity contribution is 0.582. The van der Waals surface area contributed by atoms with Crippen LogP contribution in [0.4, 0.5) is 10.1 Å². The van der Waals surface area contributed by atoms with Gasteiger partial charge in [-0.25, -0.2) is 17.5 Å². The van der Waals surface area contributed by atoms with Gasteiger partial charge in [-0.3, -0.25) is 0 Å². The van der Waals surface area contributed by atoms with Crippen LogP contribution in [0.3, 0.4) is 0 Å². The Balaban J connectivity index is 2.05. The van der Waals surface area contributed by atoms with Crippen molar-refractivity contribution in [2.75, 3.05) is 12.3 Å². The molecule has 3 N–H and O–H groups in total. The maximum atomic E-state index is 13.0. The van der Waals surface area contributed by atoms with E-state index in [1.165, 1.54) is 30.3 Å². The van der Waals surface area contributed by atoms with Gasteiger partial charge >= 0.3 is 0 Å². The van der Waals surface area contributed by atoms with Gasteiger partial charge in [0.1, 0.15) is 10.7 Å². The zero-order valence-electron chi connectivity index (χ0n) is 11.0. The van der Waals surface area contributed by atoms with Crippen LogP contribution in [0.1, 0.15) is 5.56 Å². The van der Waals surface area contributed by atoms with E-state index < -0.39 is 10.0 Å². The van der Waals surface area contributed by atoms with Crippen molar-refractivity contribution in [1.29, 1.82) is 0 Å². The van der Waals surface area contributed by atoms with Crippen LogP contribution in [0.5, 0.6) is 0 Å². The normalized spacial score (nSPS) is 11.5. The molecule has 0 unspecified atom stereocenters. The molecule has 0 aliphatic carbocycles. The molecule has 0 aliphatic rings. The Kier molecular flexibility index (Phi) is 4.82. The molecule has 0 saturated carbocycles. The van der Waals surface area contributed by atoms with E-state index in [0.29, 0.717) is 17.0 Å². The summed E-state index contributed by atoms with van der Waals surface area (Å²) < 4.78 is 39.7. The van der Waals surface area contributed by atoms with E-state index in [1.807, 2.05) is 0 Å². The highest BCUT2D eigenvalue weighted by Crippen LogP contribution is 2.22. The number of hydrogen-bond acceptors (Lipinski definition) is 3. The topological polar surface area (TPSA) is 72.2 Å². The number of benzene rings is 2. The summed E-state index contributed by atoms with van der Waals surface area (Å²) >= 11 is 5.74. The molecular formula is C14H14ClFN2O2S. The third-order valence-corrected chi connectivity index (χ3v) is 4.63. The van der Waals surface area contributed by atoms with Crippen LogP contribution in [-0.4, -0.2) is 15.0 Å². The van der Waals surface area contributed by atoms with Crippen LogP contribution in [0.2, 0.25) is 5.02 Å². The maximum Gasteiger partial charge on any atom is 0.242 e. The molecular weight excluding hydrogens is 315 g/mol. The fourth-order valence-electron chi connectivity index (χ4n) is 1.86. The Morgan fingerprint density at radius 1 is 1.19 bits per heavy atom. The van der Waals surface area contributed by atoms with Gasteiger partial charge in [0, 0.05) is 11.6 Å². The van der Waals surface area contributed by atoms with Crippen molar-refractivity contribution < 1.29 is 12.8 Å². The lowest BCUT2D eigenvalue weighted by Gasteiger charge is -2.09. The molecule has 0 radical (unpaired) electrons. The molecule has 0 spiro atoms. The molecule has 7 heteroatoms. The van der Waals surface area contributed by atoms with Crippen molar-refractivity contribution in [2.24, 2.45) is 0 Å². The zero-order valence-corrected chi connectivity index (χ0v) is 12.6. The van der Waals surface area contributed by atoms with Crippen LogP contribution in [0.25, 0.3) is 0 Å². The molecule has 0 saturated heterocycles. The van der Waals surface area contributed by atoms with Gasteiger partial charge in [0.05, 0.1) is 5.69 Å². The third kappa shape index (κ3) is 4.17. The first kappa shape index (κ1) is 15.8. The molecule has 2 rings (SSSR count). The summed E-state index contributed by atoms with van der Waals surface area (Å²) in [7, 11) is -3.72. The molecule has 4 nitrogen and oxygen atoms in total. The van der Waals surface area contributed by atoms with Crippen LogP contribution >= 0.6 is 11.6 Å². The summed E-state index contributed by atoms with van der Waals surface area (Å²) in [5.41, 5.74) is 6.45. The largest absolute Gasteiger partial charge is 0.398 e. The molecule has 0 amide bonds. The standard InChI is InChI=1S/C14H14ClFN2O2S/c15-11-4-5-14(13(17)9-11)21(19,20)18-7-6-10-2-1-3-12(16)8-10/h1-5,8-9,18H,6-7,17H2. The molecule has 0 heterocycles. The zero-order chi connectivity index (χ0) is 15.5. The molecule has 0 aromatic heterocycles. The minimum atomic E-state index is -3.72. The Bertz CT molecular complexity index is 750. The number of halogens is 2. The molecule has 0 atom stereocenters. The lowest BCUT2D eigenvalue weighted by Crippen LogP contribution is -2.26. The van der Waals surface area contributed by atoms with Crippen molar-refractivity contribution in [2.45, 2.75) is 11.3 Å². The first-order valence-corrected chi connectivity index (χ1v) is 8.04. The number of hydrogen-bond donors (Lipinski definition) is 2. The van der Waals surface area contributed by atoms with Gasteiger partial charge in [0.2, 0.25) is 10.0 Å². The number of nitrogens with two attached hydrogens (primary N) is 1. The number of rotatable bonds is 5. The molecule has 2 aromatic carbocycles. The maximum absolute atomic E-state index is 13.0. The average Bonchev–Trinajstić information content (AvgIpc) is 2.38. The predicted octanol–water partition coefficient (Wildman–Crippen LogP) is 2.58. The Labute approximate surface area is 127 Å². The van der Waals surface area contributed by atoms with Crippen molar-refractivity contribution in [3.05, 3.63) is 58.9 Å². The Morgan fingerprint density at radius 2 is 1.95 bits per heavy atom. The van der Waals surface area contributed by atoms with E-state index in [4.69, 9.17) is 17.3 Å². The van der Waals surface area contributed by atoms with Crippen molar-refractivity contribution in [3.8, 4) is 0 Å². The van der Waals surface area contributed by atoms with Crippen LogP contribution < -0.4 is 10.5 Å². The molecule has 112 valence electrons. The Hall–Kier alpha value is -1.63.